The molecule has 19 heteroatoms. The van der Waals surface area contributed by atoms with Gasteiger partial charge in [0.05, 0.1) is 70.2 Å². The molecular formula is C43H39F6N9O4. The highest BCUT2D eigenvalue weighted by Crippen LogP contribution is 2.42. The number of hydrogen-bond donors (Lipinski definition) is 4. The number of nitrogen functional groups attached to an aromatic ring is 2. The molecule has 8 rings (SSSR count). The maximum Gasteiger partial charge on any atom is 0.416 e. The summed E-state index contributed by atoms with van der Waals surface area (Å²) < 4.78 is 82.4. The quantitative estimate of drug-likeness (QED) is 0.108. The second-order valence-electron chi connectivity index (χ2n) is 15.3. The first-order valence-corrected chi connectivity index (χ1v) is 19.4. The molecule has 0 fully saturated rings. The number of carbonyl (C=O) groups excluding carboxylic acids is 4. The van der Waals surface area contributed by atoms with Gasteiger partial charge >= 0.3 is 24.4 Å². The third-order valence-electron chi connectivity index (χ3n) is 11.3. The maximum absolute atomic E-state index is 14.2. The van der Waals surface area contributed by atoms with Gasteiger partial charge in [0, 0.05) is 37.6 Å². The Morgan fingerprint density at radius 1 is 0.597 bits per heavy atom. The van der Waals surface area contributed by atoms with E-state index < -0.39 is 59.4 Å². The van der Waals surface area contributed by atoms with E-state index in [-0.39, 0.29) is 73.2 Å². The van der Waals surface area contributed by atoms with Crippen LogP contribution in [-0.2, 0) is 21.9 Å². The van der Waals surface area contributed by atoms with Crippen molar-refractivity contribution in [2.45, 2.75) is 24.4 Å². The fourth-order valence-electron chi connectivity index (χ4n) is 8.11. The Morgan fingerprint density at radius 2 is 0.968 bits per heavy atom. The molecule has 13 nitrogen and oxygen atoms in total. The van der Waals surface area contributed by atoms with Crippen LogP contribution in [-0.4, -0.2) is 84.9 Å². The number of amides is 6. The first kappa shape index (κ1) is 41.7. The number of nitrogens with one attached hydrogen (secondary N) is 2. The van der Waals surface area contributed by atoms with Crippen LogP contribution in [0.15, 0.2) is 120 Å². The second kappa shape index (κ2) is 15.8. The van der Waals surface area contributed by atoms with Gasteiger partial charge in [0.2, 0.25) is 0 Å². The Hall–Kier alpha value is -7.02. The number of anilines is 4. The zero-order valence-corrected chi connectivity index (χ0v) is 32.9. The molecule has 4 aromatic rings. The fraction of sp³-hybridized carbons (Fsp3) is 0.256. The molecule has 6 amide bonds. The average Bonchev–Trinajstić information content (AvgIpc) is 3.73. The van der Waals surface area contributed by atoms with E-state index >= 15 is 0 Å². The SMILES string of the molecule is CN(CCN1CC2=C(C1=O)[C@@H](c1ccc(N)cc1)NC(=O)N2c1cccc(C(F)(F)F)c1)CCN1CC2=C(C1=O)[C@@H](c1ccc(N)cc1)NC(=O)N2c1cccc(C(F)(F)F)c1. The summed E-state index contributed by atoms with van der Waals surface area (Å²) in [7, 11) is 1.76. The minimum absolute atomic E-state index is 0.0684. The van der Waals surface area contributed by atoms with E-state index in [2.05, 4.69) is 10.6 Å². The van der Waals surface area contributed by atoms with E-state index in [0.29, 0.717) is 22.5 Å². The molecule has 0 unspecified atom stereocenters. The molecule has 0 aromatic heterocycles. The van der Waals surface area contributed by atoms with Crippen LogP contribution < -0.4 is 31.9 Å². The molecule has 4 aliphatic rings. The van der Waals surface area contributed by atoms with Gasteiger partial charge in [0.25, 0.3) is 11.8 Å². The van der Waals surface area contributed by atoms with Gasteiger partial charge in [-0.1, -0.05) is 36.4 Å². The molecule has 4 aromatic carbocycles. The monoisotopic (exact) mass is 859 g/mol. The molecule has 2 atom stereocenters. The van der Waals surface area contributed by atoms with Crippen molar-refractivity contribution >= 4 is 46.6 Å². The van der Waals surface area contributed by atoms with E-state index in [9.17, 15) is 45.5 Å². The van der Waals surface area contributed by atoms with Crippen molar-refractivity contribution in [3.8, 4) is 0 Å². The Bertz CT molecular complexity index is 2350. The summed E-state index contributed by atoms with van der Waals surface area (Å²) in [5, 5.41) is 5.58. The highest BCUT2D eigenvalue weighted by molar-refractivity contribution is 6.08. The lowest BCUT2D eigenvalue weighted by atomic mass is 9.95. The largest absolute Gasteiger partial charge is 0.416 e. The molecule has 4 heterocycles. The van der Waals surface area contributed by atoms with Crippen LogP contribution in [0.2, 0.25) is 0 Å². The lowest BCUT2D eigenvalue weighted by molar-refractivity contribution is -0.138. The predicted molar refractivity (Wildman–Crippen MR) is 217 cm³/mol. The average molecular weight is 860 g/mol. The summed E-state index contributed by atoms with van der Waals surface area (Å²) in [5.41, 5.74) is 12.5. The first-order chi connectivity index (χ1) is 29.4. The van der Waals surface area contributed by atoms with Crippen molar-refractivity contribution in [2.75, 3.05) is 67.6 Å². The molecule has 0 aliphatic carbocycles. The van der Waals surface area contributed by atoms with Gasteiger partial charge in [-0.25, -0.2) is 9.59 Å². The van der Waals surface area contributed by atoms with Crippen LogP contribution in [0.25, 0.3) is 0 Å². The van der Waals surface area contributed by atoms with Gasteiger partial charge in [0.15, 0.2) is 0 Å². The molecule has 322 valence electrons. The minimum Gasteiger partial charge on any atom is -0.399 e. The van der Waals surface area contributed by atoms with E-state index in [4.69, 9.17) is 11.5 Å². The minimum atomic E-state index is -4.68. The molecular weight excluding hydrogens is 821 g/mol. The molecule has 0 spiro atoms. The van der Waals surface area contributed by atoms with Crippen molar-refractivity contribution in [1.82, 2.24) is 25.3 Å². The van der Waals surface area contributed by atoms with Gasteiger partial charge < -0.3 is 36.8 Å². The zero-order chi connectivity index (χ0) is 44.2. The van der Waals surface area contributed by atoms with E-state index in [1.807, 2.05) is 4.90 Å². The molecule has 0 saturated carbocycles. The number of hydrogen-bond acceptors (Lipinski definition) is 7. The number of nitrogens with zero attached hydrogens (tertiary/aromatic N) is 5. The van der Waals surface area contributed by atoms with Crippen LogP contribution >= 0.6 is 0 Å². The molecule has 62 heavy (non-hydrogen) atoms. The van der Waals surface area contributed by atoms with Crippen molar-refractivity contribution in [3.05, 3.63) is 142 Å². The molecule has 0 saturated heterocycles. The summed E-state index contributed by atoms with van der Waals surface area (Å²) in [4.78, 5) is 62.7. The molecule has 6 N–H and O–H groups in total. The Kier molecular flexibility index (Phi) is 10.6. The van der Waals surface area contributed by atoms with Crippen molar-refractivity contribution in [3.63, 3.8) is 0 Å². The molecule has 0 radical (unpaired) electrons. The molecule has 4 aliphatic heterocycles. The number of likely N-dealkylation sites (N-methyl/N-ethyl adjacent to an activating group) is 1. The number of alkyl halides is 6. The van der Waals surface area contributed by atoms with Gasteiger partial charge in [0.1, 0.15) is 0 Å². The van der Waals surface area contributed by atoms with Gasteiger partial charge in [-0.05, 0) is 78.8 Å². The second-order valence-corrected chi connectivity index (χ2v) is 15.3. The lowest BCUT2D eigenvalue weighted by Crippen LogP contribution is -2.47. The summed E-state index contributed by atoms with van der Waals surface area (Å²) >= 11 is 0. The standard InChI is InChI=1S/C43H39F6N9O4/c1-54(16-18-55-22-32-34(38(55)59)36(24-8-12-28(50)13-9-24)52-40(61)57(32)30-6-2-4-26(20-30)42(44,45)46)17-19-56-23-33-35(39(56)60)37(25-10-14-29(51)15-11-25)53-41(62)58(33)31-7-3-5-27(21-31)43(47,48)49/h2-15,20-21,36-37H,16-19,22-23,50-51H2,1H3,(H,52,61)(H,53,62)/t36-,37-/m1/s1. The zero-order valence-electron chi connectivity index (χ0n) is 32.9. The van der Waals surface area contributed by atoms with Crippen LogP contribution in [0.5, 0.6) is 0 Å². The normalized spacial score (nSPS) is 19.4. The Morgan fingerprint density at radius 3 is 1.32 bits per heavy atom. The van der Waals surface area contributed by atoms with E-state index in [0.717, 1.165) is 34.1 Å². The predicted octanol–water partition coefficient (Wildman–Crippen LogP) is 6.26. The van der Waals surface area contributed by atoms with Gasteiger partial charge in [-0.2, -0.15) is 26.3 Å². The maximum atomic E-state index is 14.2. The van der Waals surface area contributed by atoms with Crippen LogP contribution in [0, 0.1) is 0 Å². The summed E-state index contributed by atoms with van der Waals surface area (Å²) in [5.74, 6) is -0.862. The van der Waals surface area contributed by atoms with Crippen LogP contribution in [0.1, 0.15) is 34.3 Å². The third-order valence-corrected chi connectivity index (χ3v) is 11.3. The first-order valence-electron chi connectivity index (χ1n) is 19.4. The third kappa shape index (κ3) is 7.86. The highest BCUT2D eigenvalue weighted by atomic mass is 19.4. The summed E-state index contributed by atoms with van der Waals surface area (Å²) in [6, 6.07) is 18.4. The number of rotatable bonds is 10. The molecule has 0 bridgehead atoms. The van der Waals surface area contributed by atoms with E-state index in [1.165, 1.54) is 34.1 Å². The van der Waals surface area contributed by atoms with Crippen molar-refractivity contribution < 1.29 is 45.5 Å². The van der Waals surface area contributed by atoms with Crippen LogP contribution in [0.3, 0.4) is 0 Å². The number of urea groups is 2. The number of nitrogens with two attached hydrogens (primary N) is 2. The summed E-state index contributed by atoms with van der Waals surface area (Å²) in [6.45, 7) is 0.623. The number of carbonyl (C=O) groups is 4. The van der Waals surface area contributed by atoms with E-state index in [1.54, 1.807) is 55.6 Å². The Balaban J connectivity index is 0.995. The van der Waals surface area contributed by atoms with Crippen molar-refractivity contribution in [2.24, 2.45) is 0 Å². The number of halogens is 6. The highest BCUT2D eigenvalue weighted by Gasteiger charge is 2.47. The smallest absolute Gasteiger partial charge is 0.399 e. The van der Waals surface area contributed by atoms with Gasteiger partial charge in [-0.3, -0.25) is 19.4 Å². The lowest BCUT2D eigenvalue weighted by Gasteiger charge is -2.34. The fourth-order valence-corrected chi connectivity index (χ4v) is 8.11. The van der Waals surface area contributed by atoms with Crippen molar-refractivity contribution in [1.29, 1.82) is 0 Å². The van der Waals surface area contributed by atoms with Gasteiger partial charge in [-0.15, -0.1) is 0 Å². The Labute approximate surface area is 350 Å². The topological polar surface area (TPSA) is 161 Å². The number of benzene rings is 4. The van der Waals surface area contributed by atoms with Crippen LogP contribution in [0.4, 0.5) is 58.7 Å². The summed E-state index contributed by atoms with van der Waals surface area (Å²) in [6.07, 6.45) is -9.36.